The van der Waals surface area contributed by atoms with E-state index in [1.807, 2.05) is 13.8 Å². The zero-order valence-corrected chi connectivity index (χ0v) is 8.60. The van der Waals surface area contributed by atoms with Gasteiger partial charge in [0.05, 0.1) is 0 Å². The van der Waals surface area contributed by atoms with Crippen molar-refractivity contribution in [3.8, 4) is 0 Å². The van der Waals surface area contributed by atoms with E-state index in [-0.39, 0.29) is 10.5 Å². The quantitative estimate of drug-likeness (QED) is 0.460. The average molecular weight is 189 g/mol. The van der Waals surface area contributed by atoms with Crippen LogP contribution in [0, 0.1) is 0 Å². The Morgan fingerprint density at radius 3 is 1.75 bits per heavy atom. The Bertz CT molecular complexity index is 74.9. The molecule has 5 heteroatoms. The fourth-order valence-electron chi connectivity index (χ4n) is 0.0583. The summed E-state index contributed by atoms with van der Waals surface area (Å²) >= 11 is 16.8. The Balaban J connectivity index is 3.71. The number of rotatable bonds is 2. The molecule has 0 N–H and O–H groups in total. The summed E-state index contributed by atoms with van der Waals surface area (Å²) in [5.74, 6) is 0. The molecule has 0 bridgehead atoms. The second kappa shape index (κ2) is 3.35. The van der Waals surface area contributed by atoms with Gasteiger partial charge < -0.3 is 0 Å². The minimum atomic E-state index is -0.597. The third-order valence-electron chi connectivity index (χ3n) is 0.935. The first kappa shape index (κ1) is 9.15. The highest BCUT2D eigenvalue weighted by molar-refractivity contribution is 7.38. The summed E-state index contributed by atoms with van der Waals surface area (Å²) in [5, 5.41) is 0. The first-order valence-corrected chi connectivity index (χ1v) is 6.06. The molecule has 0 amide bonds. The maximum Gasteiger partial charge on any atom is 0.355 e. The van der Waals surface area contributed by atoms with Crippen LogP contribution < -0.4 is 0 Å². The molecule has 0 saturated heterocycles. The molecule has 8 heavy (non-hydrogen) atoms. The van der Waals surface area contributed by atoms with E-state index in [2.05, 4.69) is 0 Å². The Hall–Kier alpha value is 1.15. The third-order valence-corrected chi connectivity index (χ3v) is 5.80. The smallest absolute Gasteiger partial charge is 0.176 e. The summed E-state index contributed by atoms with van der Waals surface area (Å²) in [5.41, 5.74) is -0.313. The van der Waals surface area contributed by atoms with Gasteiger partial charge >= 0.3 is 5.54 Å². The fourth-order valence-corrected chi connectivity index (χ4v) is 1.57. The zero-order chi connectivity index (χ0) is 6.78. The standard InChI is InChI=1S/C3H8BCl3Si/c1-3(2,8-7)4(5)6/h8H2,1-2H3. The van der Waals surface area contributed by atoms with Crippen molar-refractivity contribution in [1.82, 2.24) is 0 Å². The molecule has 0 aromatic rings. The molecule has 0 fully saturated rings. The van der Waals surface area contributed by atoms with Gasteiger partial charge in [-0.3, -0.25) is 0 Å². The van der Waals surface area contributed by atoms with Crippen molar-refractivity contribution in [3.63, 3.8) is 0 Å². The molecular formula is C3H8BCl3Si. The molecule has 48 valence electrons. The second-order valence-corrected chi connectivity index (χ2v) is 6.41. The molecule has 0 aromatic carbocycles. The normalized spacial score (nSPS) is 13.1. The lowest BCUT2D eigenvalue weighted by Gasteiger charge is -2.17. The van der Waals surface area contributed by atoms with Crippen molar-refractivity contribution in [2.45, 2.75) is 18.8 Å². The summed E-state index contributed by atoms with van der Waals surface area (Å²) in [6, 6.07) is 0. The van der Waals surface area contributed by atoms with Crippen molar-refractivity contribution >= 4 is 48.4 Å². The molecule has 0 spiro atoms. The fraction of sp³-hybridized carbons (Fsp3) is 1.00. The molecule has 0 aliphatic carbocycles. The van der Waals surface area contributed by atoms with Crippen molar-refractivity contribution in [1.29, 1.82) is 0 Å². The van der Waals surface area contributed by atoms with E-state index >= 15 is 0 Å². The van der Waals surface area contributed by atoms with Gasteiger partial charge in [-0.15, -0.1) is 0 Å². The molecule has 0 atom stereocenters. The molecule has 0 rings (SSSR count). The van der Waals surface area contributed by atoms with Gasteiger partial charge in [0.1, 0.15) is 8.83 Å². The summed E-state index contributed by atoms with van der Waals surface area (Å²) in [6.07, 6.45) is 0. The number of hydrogen-bond acceptors (Lipinski definition) is 0. The number of halogens is 3. The van der Waals surface area contributed by atoms with Crippen LogP contribution in [-0.4, -0.2) is 14.4 Å². The van der Waals surface area contributed by atoms with Gasteiger partial charge in [-0.25, -0.2) is 0 Å². The highest BCUT2D eigenvalue weighted by atomic mass is 35.6. The predicted octanol–water partition coefficient (Wildman–Crippen LogP) is 2.01. The van der Waals surface area contributed by atoms with E-state index in [1.54, 1.807) is 0 Å². The highest BCUT2D eigenvalue weighted by Crippen LogP contribution is 2.31. The maximum atomic E-state index is 5.66. The molecule has 0 unspecified atom stereocenters. The summed E-state index contributed by atoms with van der Waals surface area (Å²) in [7, 11) is -0.597. The van der Waals surface area contributed by atoms with Gasteiger partial charge in [0.25, 0.3) is 0 Å². The van der Waals surface area contributed by atoms with Gasteiger partial charge in [-0.2, -0.15) is 34.0 Å². The molecule has 0 aromatic heterocycles. The van der Waals surface area contributed by atoms with Gasteiger partial charge in [0, 0.05) is 0 Å². The SMILES string of the molecule is CC(C)([SiH2]Cl)B(Cl)Cl. The van der Waals surface area contributed by atoms with Crippen LogP contribution in [-0.2, 0) is 0 Å². The Morgan fingerprint density at radius 1 is 1.38 bits per heavy atom. The van der Waals surface area contributed by atoms with Crippen molar-refractivity contribution in [2.75, 3.05) is 0 Å². The van der Waals surface area contributed by atoms with Crippen LogP contribution in [0.15, 0.2) is 0 Å². The molecule has 0 saturated carbocycles. The van der Waals surface area contributed by atoms with E-state index in [9.17, 15) is 0 Å². The summed E-state index contributed by atoms with van der Waals surface area (Å²) in [6.45, 7) is 3.97. The predicted molar refractivity (Wildman–Crippen MR) is 45.9 cm³/mol. The monoisotopic (exact) mass is 188 g/mol. The van der Waals surface area contributed by atoms with E-state index in [0.717, 1.165) is 0 Å². The van der Waals surface area contributed by atoms with Gasteiger partial charge in [-0.05, 0) is 4.94 Å². The molecule has 0 aliphatic heterocycles. The van der Waals surface area contributed by atoms with Crippen LogP contribution >= 0.6 is 34.0 Å². The molecule has 0 radical (unpaired) electrons. The zero-order valence-electron chi connectivity index (χ0n) is 4.92. The van der Waals surface area contributed by atoms with Crippen molar-refractivity contribution < 1.29 is 0 Å². The molecule has 0 heterocycles. The lowest BCUT2D eigenvalue weighted by atomic mass is 9.87. The second-order valence-electron chi connectivity index (χ2n) is 2.42. The topological polar surface area (TPSA) is 0 Å². The Morgan fingerprint density at radius 2 is 1.75 bits per heavy atom. The Labute approximate surface area is 67.3 Å². The first-order chi connectivity index (χ1) is 3.50. The van der Waals surface area contributed by atoms with Gasteiger partial charge in [0.15, 0.2) is 0 Å². The van der Waals surface area contributed by atoms with Crippen LogP contribution in [0.25, 0.3) is 0 Å². The molecule has 0 nitrogen and oxygen atoms in total. The lowest BCUT2D eigenvalue weighted by Crippen LogP contribution is -2.20. The average Bonchev–Trinajstić information content (AvgIpc) is 1.67. The lowest BCUT2D eigenvalue weighted by molar-refractivity contribution is 0.956. The van der Waals surface area contributed by atoms with Crippen molar-refractivity contribution in [2.24, 2.45) is 0 Å². The highest BCUT2D eigenvalue weighted by Gasteiger charge is 2.29. The minimum absolute atomic E-state index is 0.0231. The van der Waals surface area contributed by atoms with Crippen LogP contribution in [0.5, 0.6) is 0 Å². The molecular weight excluding hydrogens is 181 g/mol. The third kappa shape index (κ3) is 2.63. The first-order valence-electron chi connectivity index (χ1n) is 2.35. The maximum absolute atomic E-state index is 5.66. The summed E-state index contributed by atoms with van der Waals surface area (Å²) in [4.78, 5) is -0.0231. The van der Waals surface area contributed by atoms with Gasteiger partial charge in [0.2, 0.25) is 0 Å². The number of hydrogen-bond donors (Lipinski definition) is 0. The van der Waals surface area contributed by atoms with Crippen LogP contribution in [0.3, 0.4) is 0 Å². The van der Waals surface area contributed by atoms with E-state index in [1.165, 1.54) is 0 Å². The van der Waals surface area contributed by atoms with Crippen LogP contribution in [0.4, 0.5) is 0 Å². The van der Waals surface area contributed by atoms with E-state index in [0.29, 0.717) is 0 Å². The van der Waals surface area contributed by atoms with E-state index < -0.39 is 8.83 Å². The minimum Gasteiger partial charge on any atom is -0.176 e. The van der Waals surface area contributed by atoms with Crippen LogP contribution in [0.2, 0.25) is 4.94 Å². The van der Waals surface area contributed by atoms with E-state index in [4.69, 9.17) is 34.0 Å². The molecule has 0 aliphatic rings. The summed E-state index contributed by atoms with van der Waals surface area (Å²) < 4.78 is 0. The van der Waals surface area contributed by atoms with Gasteiger partial charge in [-0.1, -0.05) is 13.8 Å². The van der Waals surface area contributed by atoms with Crippen molar-refractivity contribution in [3.05, 3.63) is 0 Å². The largest absolute Gasteiger partial charge is 0.355 e. The Kier molecular flexibility index (Phi) is 3.84. The van der Waals surface area contributed by atoms with Crippen LogP contribution in [0.1, 0.15) is 13.8 Å².